The minimum absolute atomic E-state index is 0.0264. The maximum atomic E-state index is 12.8. The van der Waals surface area contributed by atoms with Crippen LogP contribution >= 0.6 is 0 Å². The minimum atomic E-state index is -0.191. The molecule has 0 radical (unpaired) electrons. The molecule has 0 aromatic heterocycles. The van der Waals surface area contributed by atoms with Gasteiger partial charge in [-0.25, -0.2) is 0 Å². The molecule has 1 aromatic rings. The number of ketones is 1. The van der Waals surface area contributed by atoms with Crippen LogP contribution in [0.3, 0.4) is 0 Å². The normalized spacial score (nSPS) is 32.5. The number of carbonyl (C=O) groups is 3. The number of amides is 2. The first-order chi connectivity index (χ1) is 10.6. The maximum absolute atomic E-state index is 12.8. The van der Waals surface area contributed by atoms with Crippen LogP contribution in [0.5, 0.6) is 0 Å². The van der Waals surface area contributed by atoms with Gasteiger partial charge >= 0.3 is 0 Å². The van der Waals surface area contributed by atoms with E-state index in [1.807, 2.05) is 0 Å². The molecule has 2 amide bonds. The number of allylic oxidation sites excluding steroid dienone is 2. The lowest BCUT2D eigenvalue weighted by molar-refractivity contribution is -0.124. The van der Waals surface area contributed by atoms with Gasteiger partial charge in [-0.3, -0.25) is 19.3 Å². The van der Waals surface area contributed by atoms with Crippen molar-refractivity contribution in [2.24, 2.45) is 23.7 Å². The number of benzene rings is 1. The molecule has 0 spiro atoms. The Labute approximate surface area is 128 Å². The Morgan fingerprint density at radius 2 is 1.45 bits per heavy atom. The fraction of sp³-hybridized carbons (Fsp3) is 0.389. The summed E-state index contributed by atoms with van der Waals surface area (Å²) in [5.74, 6) is -0.163. The Balaban J connectivity index is 1.70. The summed E-state index contributed by atoms with van der Waals surface area (Å²) in [5, 5.41) is 0. The summed E-state index contributed by atoms with van der Waals surface area (Å²) in [4.78, 5) is 38.2. The highest BCUT2D eigenvalue weighted by Crippen LogP contribution is 2.50. The smallest absolute Gasteiger partial charge is 0.238 e. The van der Waals surface area contributed by atoms with Gasteiger partial charge in [0.25, 0.3) is 0 Å². The van der Waals surface area contributed by atoms with Crippen LogP contribution in [0.15, 0.2) is 36.4 Å². The maximum Gasteiger partial charge on any atom is 0.238 e. The highest BCUT2D eigenvalue weighted by Gasteiger charge is 2.56. The summed E-state index contributed by atoms with van der Waals surface area (Å²) in [6.07, 6.45) is 6.22. The van der Waals surface area contributed by atoms with Gasteiger partial charge in [0.05, 0.1) is 17.5 Å². The van der Waals surface area contributed by atoms with Gasteiger partial charge in [-0.05, 0) is 55.9 Å². The molecule has 0 unspecified atom stereocenters. The van der Waals surface area contributed by atoms with E-state index in [4.69, 9.17) is 0 Å². The zero-order chi connectivity index (χ0) is 15.4. The molecule has 2 fully saturated rings. The molecular weight excluding hydrogens is 278 g/mol. The Morgan fingerprint density at radius 1 is 0.955 bits per heavy atom. The van der Waals surface area contributed by atoms with Gasteiger partial charge in [-0.2, -0.15) is 0 Å². The predicted octanol–water partition coefficient (Wildman–Crippen LogP) is 2.59. The fourth-order valence-corrected chi connectivity index (χ4v) is 4.17. The van der Waals surface area contributed by atoms with E-state index in [2.05, 4.69) is 12.2 Å². The van der Waals surface area contributed by atoms with E-state index in [1.54, 1.807) is 24.3 Å². The van der Waals surface area contributed by atoms with Crippen LogP contribution in [-0.4, -0.2) is 17.6 Å². The lowest BCUT2D eigenvalue weighted by Gasteiger charge is -2.38. The van der Waals surface area contributed by atoms with E-state index in [9.17, 15) is 14.4 Å². The summed E-state index contributed by atoms with van der Waals surface area (Å²) >= 11 is 0. The number of imide groups is 1. The molecule has 4 heteroatoms. The Kier molecular flexibility index (Phi) is 2.83. The van der Waals surface area contributed by atoms with E-state index in [0.29, 0.717) is 11.3 Å². The van der Waals surface area contributed by atoms with Gasteiger partial charge in [0.15, 0.2) is 5.78 Å². The van der Waals surface area contributed by atoms with Crippen LogP contribution in [0.4, 0.5) is 5.69 Å². The molecule has 1 saturated heterocycles. The number of Topliss-reactive ketones (excluding diaryl/α,β-unsaturated/α-hetero) is 1. The summed E-state index contributed by atoms with van der Waals surface area (Å²) in [6, 6.07) is 6.73. The predicted molar refractivity (Wildman–Crippen MR) is 81.3 cm³/mol. The number of anilines is 1. The summed E-state index contributed by atoms with van der Waals surface area (Å²) in [7, 11) is 0. The molecule has 2 bridgehead atoms. The second-order valence-corrected chi connectivity index (χ2v) is 6.46. The highest BCUT2D eigenvalue weighted by molar-refractivity contribution is 6.22. The van der Waals surface area contributed by atoms with Crippen molar-refractivity contribution >= 4 is 23.3 Å². The quantitative estimate of drug-likeness (QED) is 0.479. The fourth-order valence-electron chi connectivity index (χ4n) is 4.17. The number of carbonyl (C=O) groups excluding carboxylic acids is 3. The molecule has 22 heavy (non-hydrogen) atoms. The van der Waals surface area contributed by atoms with E-state index in [0.717, 1.165) is 12.8 Å². The van der Waals surface area contributed by atoms with Crippen molar-refractivity contribution in [3.63, 3.8) is 0 Å². The van der Waals surface area contributed by atoms with Crippen molar-refractivity contribution in [3.05, 3.63) is 42.0 Å². The average Bonchev–Trinajstić information content (AvgIpc) is 2.82. The number of hydrogen-bond acceptors (Lipinski definition) is 3. The third-order valence-electron chi connectivity index (χ3n) is 5.29. The molecule has 112 valence electrons. The molecule has 1 saturated carbocycles. The van der Waals surface area contributed by atoms with E-state index < -0.39 is 0 Å². The van der Waals surface area contributed by atoms with Crippen molar-refractivity contribution < 1.29 is 14.4 Å². The van der Waals surface area contributed by atoms with Crippen LogP contribution in [0, 0.1) is 23.7 Å². The van der Waals surface area contributed by atoms with Gasteiger partial charge in [-0.15, -0.1) is 0 Å². The lowest BCUT2D eigenvalue weighted by Crippen LogP contribution is -2.38. The first-order valence-corrected chi connectivity index (χ1v) is 7.75. The zero-order valence-electron chi connectivity index (χ0n) is 12.4. The van der Waals surface area contributed by atoms with Crippen LogP contribution < -0.4 is 4.90 Å². The molecule has 1 aromatic carbocycles. The van der Waals surface area contributed by atoms with Crippen LogP contribution in [0.25, 0.3) is 0 Å². The van der Waals surface area contributed by atoms with Crippen LogP contribution in [0.1, 0.15) is 30.1 Å². The van der Waals surface area contributed by atoms with Crippen LogP contribution in [0.2, 0.25) is 0 Å². The first kappa shape index (κ1) is 13.4. The highest BCUT2D eigenvalue weighted by atomic mass is 16.2. The van der Waals surface area contributed by atoms with Crippen molar-refractivity contribution in [1.82, 2.24) is 0 Å². The van der Waals surface area contributed by atoms with E-state index in [-0.39, 0.29) is 41.3 Å². The topological polar surface area (TPSA) is 54.5 Å². The van der Waals surface area contributed by atoms with Gasteiger partial charge in [0.1, 0.15) is 0 Å². The van der Waals surface area contributed by atoms with Crippen LogP contribution in [-0.2, 0) is 9.59 Å². The molecule has 0 N–H and O–H groups in total. The van der Waals surface area contributed by atoms with Gasteiger partial charge in [0, 0.05) is 5.56 Å². The molecule has 5 rings (SSSR count). The second-order valence-electron chi connectivity index (χ2n) is 6.46. The standard InChI is InChI=1S/C18H17NO3/c1-10(20)11-6-8-14(9-7-11)19-17(21)15-12-2-3-13(5-4-12)16(15)18(19)22/h2-3,6-9,12-13,15-16H,4-5H2,1H3/t12-,13+,15-,16-/m0/s1. The minimum Gasteiger partial charge on any atom is -0.295 e. The van der Waals surface area contributed by atoms with E-state index in [1.165, 1.54) is 11.8 Å². The Hall–Kier alpha value is -2.23. The molecular formula is C18H17NO3. The lowest BCUT2D eigenvalue weighted by atomic mass is 9.63. The van der Waals surface area contributed by atoms with Crippen molar-refractivity contribution in [1.29, 1.82) is 0 Å². The molecule has 3 aliphatic carbocycles. The molecule has 4 atom stereocenters. The zero-order valence-corrected chi connectivity index (χ0v) is 12.4. The Bertz CT molecular complexity index is 672. The second kappa shape index (κ2) is 4.63. The largest absolute Gasteiger partial charge is 0.295 e. The van der Waals surface area contributed by atoms with Gasteiger partial charge < -0.3 is 0 Å². The van der Waals surface area contributed by atoms with Crippen molar-refractivity contribution in [2.45, 2.75) is 19.8 Å². The number of fused-ring (bicyclic) bond motifs is 1. The number of hydrogen-bond donors (Lipinski definition) is 0. The average molecular weight is 295 g/mol. The van der Waals surface area contributed by atoms with Crippen molar-refractivity contribution in [3.8, 4) is 0 Å². The van der Waals surface area contributed by atoms with Crippen molar-refractivity contribution in [2.75, 3.05) is 4.90 Å². The summed E-state index contributed by atoms with van der Waals surface area (Å²) < 4.78 is 0. The monoisotopic (exact) mass is 295 g/mol. The SMILES string of the molecule is CC(=O)c1ccc(N2C(=O)[C@@H]3[C@@H](C2=O)[C@H]2C=C[C@@H]3CC2)cc1. The van der Waals surface area contributed by atoms with Gasteiger partial charge in [0.2, 0.25) is 11.8 Å². The molecule has 4 nitrogen and oxygen atoms in total. The van der Waals surface area contributed by atoms with Gasteiger partial charge in [-0.1, -0.05) is 12.2 Å². The summed E-state index contributed by atoms with van der Waals surface area (Å²) in [6.45, 7) is 1.50. The third kappa shape index (κ3) is 1.73. The third-order valence-corrected chi connectivity index (χ3v) is 5.29. The molecule has 4 aliphatic rings. The van der Waals surface area contributed by atoms with E-state index >= 15 is 0 Å². The molecule has 1 heterocycles. The summed E-state index contributed by atoms with van der Waals surface area (Å²) in [5.41, 5.74) is 1.16. The number of nitrogens with zero attached hydrogens (tertiary/aromatic N) is 1. The first-order valence-electron chi connectivity index (χ1n) is 7.75. The number of rotatable bonds is 2. The molecule has 1 aliphatic heterocycles. The Morgan fingerprint density at radius 3 is 1.86 bits per heavy atom.